The summed E-state index contributed by atoms with van der Waals surface area (Å²) in [6.07, 6.45) is 0.879. The summed E-state index contributed by atoms with van der Waals surface area (Å²) in [6, 6.07) is 7.18. The third kappa shape index (κ3) is 3.22. The van der Waals surface area contributed by atoms with Crippen molar-refractivity contribution >= 4 is 5.91 Å². The van der Waals surface area contributed by atoms with E-state index in [1.165, 1.54) is 0 Å². The molecule has 0 aliphatic carbocycles. The van der Waals surface area contributed by atoms with Gasteiger partial charge in [0, 0.05) is 20.0 Å². The first kappa shape index (κ1) is 13.6. The first-order chi connectivity index (χ1) is 7.97. The van der Waals surface area contributed by atoms with Crippen molar-refractivity contribution in [1.29, 1.82) is 0 Å². The Morgan fingerprint density at radius 3 is 2.53 bits per heavy atom. The smallest absolute Gasteiger partial charge is 0.225 e. The van der Waals surface area contributed by atoms with Crippen LogP contribution < -0.4 is 0 Å². The van der Waals surface area contributed by atoms with Gasteiger partial charge in [-0.05, 0) is 30.0 Å². The molecule has 0 fully saturated rings. The van der Waals surface area contributed by atoms with E-state index < -0.39 is 0 Å². The van der Waals surface area contributed by atoms with Gasteiger partial charge in [-0.2, -0.15) is 0 Å². The molecule has 1 N–H and O–H groups in total. The minimum Gasteiger partial charge on any atom is -0.508 e. The van der Waals surface area contributed by atoms with Crippen molar-refractivity contribution in [3.8, 4) is 5.75 Å². The largest absolute Gasteiger partial charge is 0.508 e. The molecule has 2 atom stereocenters. The van der Waals surface area contributed by atoms with E-state index in [9.17, 15) is 9.90 Å². The van der Waals surface area contributed by atoms with Gasteiger partial charge in [0.25, 0.3) is 0 Å². The maximum Gasteiger partial charge on any atom is 0.225 e. The number of hydrogen-bond acceptors (Lipinski definition) is 2. The lowest BCUT2D eigenvalue weighted by Gasteiger charge is -2.25. The average Bonchev–Trinajstić information content (AvgIpc) is 2.28. The number of carbonyl (C=O) groups excluding carboxylic acids is 1. The summed E-state index contributed by atoms with van der Waals surface area (Å²) in [6.45, 7) is 4.01. The maximum atomic E-state index is 12.0. The first-order valence-corrected chi connectivity index (χ1v) is 5.97. The van der Waals surface area contributed by atoms with Gasteiger partial charge in [0.15, 0.2) is 0 Å². The number of benzene rings is 1. The number of nitrogens with zero attached hydrogens (tertiary/aromatic N) is 1. The lowest BCUT2D eigenvalue weighted by atomic mass is 9.84. The molecular formula is C14H21NO2. The van der Waals surface area contributed by atoms with E-state index >= 15 is 0 Å². The highest BCUT2D eigenvalue weighted by Gasteiger charge is 2.25. The van der Waals surface area contributed by atoms with Crippen LogP contribution in [0.2, 0.25) is 0 Å². The monoisotopic (exact) mass is 235 g/mol. The zero-order valence-electron chi connectivity index (χ0n) is 11.0. The van der Waals surface area contributed by atoms with Crippen LogP contribution in [0.1, 0.15) is 31.7 Å². The minimum atomic E-state index is -0.0724. The summed E-state index contributed by atoms with van der Waals surface area (Å²) < 4.78 is 0. The van der Waals surface area contributed by atoms with Gasteiger partial charge in [0.1, 0.15) is 5.75 Å². The summed E-state index contributed by atoms with van der Waals surface area (Å²) in [5.41, 5.74) is 1.02. The van der Waals surface area contributed by atoms with E-state index in [4.69, 9.17) is 0 Å². The Labute approximate surface area is 103 Å². The van der Waals surface area contributed by atoms with E-state index in [-0.39, 0.29) is 23.5 Å². The Hall–Kier alpha value is -1.51. The quantitative estimate of drug-likeness (QED) is 0.871. The maximum absolute atomic E-state index is 12.0. The van der Waals surface area contributed by atoms with E-state index in [1.807, 2.05) is 19.1 Å². The molecule has 1 aromatic rings. The third-order valence-corrected chi connectivity index (χ3v) is 3.17. The summed E-state index contributed by atoms with van der Waals surface area (Å²) in [5, 5.41) is 9.49. The van der Waals surface area contributed by atoms with Crippen molar-refractivity contribution in [2.75, 3.05) is 14.1 Å². The zero-order chi connectivity index (χ0) is 13.0. The normalized spacial score (nSPS) is 14.1. The van der Waals surface area contributed by atoms with Gasteiger partial charge >= 0.3 is 0 Å². The molecular weight excluding hydrogens is 214 g/mol. The summed E-state index contributed by atoms with van der Waals surface area (Å²) in [5.74, 6) is 0.458. The summed E-state index contributed by atoms with van der Waals surface area (Å²) in [4.78, 5) is 13.6. The number of hydrogen-bond donors (Lipinski definition) is 1. The molecule has 0 aliphatic rings. The fourth-order valence-electron chi connectivity index (χ4n) is 2.21. The molecule has 3 heteroatoms. The third-order valence-electron chi connectivity index (χ3n) is 3.17. The van der Waals surface area contributed by atoms with Crippen molar-refractivity contribution in [2.24, 2.45) is 5.92 Å². The van der Waals surface area contributed by atoms with Crippen molar-refractivity contribution in [1.82, 2.24) is 4.90 Å². The molecule has 0 radical (unpaired) electrons. The number of phenolic OH excluding ortho intramolecular Hbond substituents is 1. The molecule has 0 aromatic heterocycles. The molecule has 94 valence electrons. The second-order valence-corrected chi connectivity index (χ2v) is 4.63. The van der Waals surface area contributed by atoms with Crippen LogP contribution in [0.5, 0.6) is 5.75 Å². The van der Waals surface area contributed by atoms with Gasteiger partial charge in [0.2, 0.25) is 5.91 Å². The molecule has 1 rings (SSSR count). The van der Waals surface area contributed by atoms with E-state index in [0.29, 0.717) is 0 Å². The van der Waals surface area contributed by atoms with Crippen molar-refractivity contribution in [2.45, 2.75) is 26.2 Å². The second kappa shape index (κ2) is 5.71. The predicted molar refractivity (Wildman–Crippen MR) is 69.0 cm³/mol. The van der Waals surface area contributed by atoms with Gasteiger partial charge in [-0.25, -0.2) is 0 Å². The van der Waals surface area contributed by atoms with Gasteiger partial charge in [-0.15, -0.1) is 0 Å². The highest BCUT2D eigenvalue weighted by molar-refractivity contribution is 5.79. The molecule has 1 amide bonds. The van der Waals surface area contributed by atoms with Crippen LogP contribution in [0, 0.1) is 5.92 Å². The Kier molecular flexibility index (Phi) is 4.55. The molecule has 0 saturated carbocycles. The molecule has 0 aliphatic heterocycles. The average molecular weight is 235 g/mol. The number of aromatic hydroxyl groups is 1. The van der Waals surface area contributed by atoms with Crippen LogP contribution in [-0.4, -0.2) is 30.0 Å². The van der Waals surface area contributed by atoms with Crippen LogP contribution in [-0.2, 0) is 4.79 Å². The molecule has 0 spiro atoms. The van der Waals surface area contributed by atoms with E-state index in [2.05, 4.69) is 6.92 Å². The van der Waals surface area contributed by atoms with Gasteiger partial charge < -0.3 is 10.0 Å². The molecule has 3 nitrogen and oxygen atoms in total. The zero-order valence-corrected chi connectivity index (χ0v) is 11.0. The fraction of sp³-hybridized carbons (Fsp3) is 0.500. The predicted octanol–water partition coefficient (Wildman–Crippen LogP) is 2.61. The summed E-state index contributed by atoms with van der Waals surface area (Å²) in [7, 11) is 3.54. The topological polar surface area (TPSA) is 40.5 Å². The minimum absolute atomic E-state index is 0.0724. The lowest BCUT2D eigenvalue weighted by Crippen LogP contribution is -2.31. The summed E-state index contributed by atoms with van der Waals surface area (Å²) >= 11 is 0. The van der Waals surface area contributed by atoms with Crippen LogP contribution in [0.15, 0.2) is 24.3 Å². The Bertz CT molecular complexity index is 388. The lowest BCUT2D eigenvalue weighted by molar-refractivity contribution is -0.133. The Morgan fingerprint density at radius 2 is 2.06 bits per heavy atom. The van der Waals surface area contributed by atoms with Gasteiger partial charge in [-0.3, -0.25) is 4.79 Å². The van der Waals surface area contributed by atoms with Crippen LogP contribution >= 0.6 is 0 Å². The van der Waals surface area contributed by atoms with Crippen LogP contribution in [0.25, 0.3) is 0 Å². The molecule has 17 heavy (non-hydrogen) atoms. The van der Waals surface area contributed by atoms with Crippen LogP contribution in [0.3, 0.4) is 0 Å². The molecule has 0 saturated heterocycles. The first-order valence-electron chi connectivity index (χ1n) is 5.97. The number of carbonyl (C=O) groups is 1. The number of phenols is 1. The van der Waals surface area contributed by atoms with Gasteiger partial charge in [-0.1, -0.05) is 26.0 Å². The fourth-order valence-corrected chi connectivity index (χ4v) is 2.21. The van der Waals surface area contributed by atoms with E-state index in [0.717, 1.165) is 12.0 Å². The van der Waals surface area contributed by atoms with Crippen molar-refractivity contribution < 1.29 is 9.90 Å². The van der Waals surface area contributed by atoms with E-state index in [1.54, 1.807) is 31.1 Å². The number of rotatable bonds is 4. The second-order valence-electron chi connectivity index (χ2n) is 4.63. The highest BCUT2D eigenvalue weighted by atomic mass is 16.3. The Balaban J connectivity index is 2.95. The highest BCUT2D eigenvalue weighted by Crippen LogP contribution is 2.30. The van der Waals surface area contributed by atoms with Crippen LogP contribution in [0.4, 0.5) is 0 Å². The Morgan fingerprint density at radius 1 is 1.41 bits per heavy atom. The number of amides is 1. The SMILES string of the molecule is CC[C@H](c1cccc(O)c1)[C@H](C)C(=O)N(C)C. The molecule has 0 unspecified atom stereocenters. The van der Waals surface area contributed by atoms with Crippen molar-refractivity contribution in [3.05, 3.63) is 29.8 Å². The molecule has 1 aromatic carbocycles. The molecule has 0 heterocycles. The van der Waals surface area contributed by atoms with Gasteiger partial charge in [0.05, 0.1) is 0 Å². The molecule has 0 bridgehead atoms. The van der Waals surface area contributed by atoms with Crippen molar-refractivity contribution in [3.63, 3.8) is 0 Å². The standard InChI is InChI=1S/C14H21NO2/c1-5-13(10(2)14(17)15(3)4)11-7-6-8-12(16)9-11/h6-10,13,16H,5H2,1-4H3/t10-,13-/m0/s1.